The van der Waals surface area contributed by atoms with E-state index in [1.165, 1.54) is 12.8 Å². The maximum atomic E-state index is 12.4. The number of piperidine rings is 1. The molecule has 3 heteroatoms. The van der Waals surface area contributed by atoms with Crippen LogP contribution < -0.4 is 5.73 Å². The summed E-state index contributed by atoms with van der Waals surface area (Å²) in [7, 11) is 0. The van der Waals surface area contributed by atoms with Gasteiger partial charge in [-0.2, -0.15) is 0 Å². The zero-order valence-corrected chi connectivity index (χ0v) is 13.4. The van der Waals surface area contributed by atoms with E-state index < -0.39 is 0 Å². The standard InChI is InChI=1S/C18H28N2O/c1-3-18(4-2)11-13-20(14-12-18)17(21)10-9-15-7-5-6-8-16(15)19/h5-8H,3-4,9-14,19H2,1-2H3. The lowest BCUT2D eigenvalue weighted by Gasteiger charge is -2.41. The van der Waals surface area contributed by atoms with E-state index in [4.69, 9.17) is 5.73 Å². The van der Waals surface area contributed by atoms with Crippen molar-refractivity contribution in [1.82, 2.24) is 4.90 Å². The van der Waals surface area contributed by atoms with E-state index in [0.29, 0.717) is 11.8 Å². The molecule has 1 aromatic rings. The molecule has 1 fully saturated rings. The van der Waals surface area contributed by atoms with Gasteiger partial charge in [0, 0.05) is 25.2 Å². The summed E-state index contributed by atoms with van der Waals surface area (Å²) in [6.45, 7) is 6.40. The first-order valence-electron chi connectivity index (χ1n) is 8.21. The lowest BCUT2D eigenvalue weighted by molar-refractivity contribution is -0.133. The summed E-state index contributed by atoms with van der Waals surface area (Å²) in [4.78, 5) is 14.4. The molecule has 1 aliphatic heterocycles. The average Bonchev–Trinajstić information content (AvgIpc) is 2.54. The summed E-state index contributed by atoms with van der Waals surface area (Å²) >= 11 is 0. The largest absolute Gasteiger partial charge is 0.399 e. The van der Waals surface area contributed by atoms with E-state index in [-0.39, 0.29) is 5.91 Å². The van der Waals surface area contributed by atoms with Crippen molar-refractivity contribution in [3.8, 4) is 0 Å². The Morgan fingerprint density at radius 1 is 1.19 bits per heavy atom. The Bertz CT molecular complexity index is 470. The highest BCUT2D eigenvalue weighted by Crippen LogP contribution is 2.38. The Morgan fingerprint density at radius 3 is 2.38 bits per heavy atom. The number of nitrogens with zero attached hydrogens (tertiary/aromatic N) is 1. The van der Waals surface area contributed by atoms with E-state index >= 15 is 0 Å². The number of nitrogen functional groups attached to an aromatic ring is 1. The number of hydrogen-bond acceptors (Lipinski definition) is 2. The van der Waals surface area contributed by atoms with Gasteiger partial charge in [0.25, 0.3) is 0 Å². The molecule has 0 aromatic heterocycles. The first-order valence-corrected chi connectivity index (χ1v) is 8.21. The van der Waals surface area contributed by atoms with Gasteiger partial charge in [0.2, 0.25) is 5.91 Å². The van der Waals surface area contributed by atoms with E-state index in [1.807, 2.05) is 29.2 Å². The molecule has 0 saturated carbocycles. The first-order chi connectivity index (χ1) is 10.1. The van der Waals surface area contributed by atoms with Crippen LogP contribution in [0.2, 0.25) is 0 Å². The van der Waals surface area contributed by atoms with E-state index in [2.05, 4.69) is 13.8 Å². The molecule has 1 aromatic carbocycles. The monoisotopic (exact) mass is 288 g/mol. The molecule has 1 saturated heterocycles. The van der Waals surface area contributed by atoms with Crippen molar-refractivity contribution < 1.29 is 4.79 Å². The SMILES string of the molecule is CCC1(CC)CCN(C(=O)CCc2ccccc2N)CC1. The molecule has 0 unspecified atom stereocenters. The Balaban J connectivity index is 1.84. The number of carbonyl (C=O) groups is 1. The number of benzene rings is 1. The van der Waals surface area contributed by atoms with Crippen molar-refractivity contribution in [2.45, 2.75) is 52.4 Å². The minimum Gasteiger partial charge on any atom is -0.399 e. The molecule has 116 valence electrons. The van der Waals surface area contributed by atoms with Gasteiger partial charge in [0.15, 0.2) is 0 Å². The molecule has 1 amide bonds. The Hall–Kier alpha value is -1.51. The van der Waals surface area contributed by atoms with Crippen molar-refractivity contribution in [2.24, 2.45) is 5.41 Å². The lowest BCUT2D eigenvalue weighted by atomic mass is 9.74. The van der Waals surface area contributed by atoms with Crippen molar-refractivity contribution in [3.05, 3.63) is 29.8 Å². The smallest absolute Gasteiger partial charge is 0.222 e. The quantitative estimate of drug-likeness (QED) is 0.841. The van der Waals surface area contributed by atoms with Gasteiger partial charge in [-0.3, -0.25) is 4.79 Å². The van der Waals surface area contributed by atoms with Crippen LogP contribution in [0.15, 0.2) is 24.3 Å². The average molecular weight is 288 g/mol. The van der Waals surface area contributed by atoms with Crippen LogP contribution in [0.3, 0.4) is 0 Å². The van der Waals surface area contributed by atoms with Gasteiger partial charge in [-0.05, 0) is 36.3 Å². The molecular formula is C18H28N2O. The first kappa shape index (κ1) is 15.9. The molecule has 0 atom stereocenters. The van der Waals surface area contributed by atoms with Crippen molar-refractivity contribution in [1.29, 1.82) is 0 Å². The maximum absolute atomic E-state index is 12.4. The number of para-hydroxylation sites is 1. The third-order valence-electron chi connectivity index (χ3n) is 5.34. The number of rotatable bonds is 5. The third kappa shape index (κ3) is 3.78. The van der Waals surface area contributed by atoms with Crippen molar-refractivity contribution in [3.63, 3.8) is 0 Å². The lowest BCUT2D eigenvalue weighted by Crippen LogP contribution is -2.42. The molecule has 1 heterocycles. The predicted molar refractivity (Wildman–Crippen MR) is 88.0 cm³/mol. The van der Waals surface area contributed by atoms with E-state index in [1.54, 1.807) is 0 Å². The fourth-order valence-corrected chi connectivity index (χ4v) is 3.35. The topological polar surface area (TPSA) is 46.3 Å². The fourth-order valence-electron chi connectivity index (χ4n) is 3.35. The molecule has 21 heavy (non-hydrogen) atoms. The van der Waals surface area contributed by atoms with E-state index in [9.17, 15) is 4.79 Å². The third-order valence-corrected chi connectivity index (χ3v) is 5.34. The number of amides is 1. The highest BCUT2D eigenvalue weighted by molar-refractivity contribution is 5.76. The molecular weight excluding hydrogens is 260 g/mol. The minimum atomic E-state index is 0.277. The fraction of sp³-hybridized carbons (Fsp3) is 0.611. The molecule has 0 radical (unpaired) electrons. The van der Waals surface area contributed by atoms with Crippen LogP contribution in [0.4, 0.5) is 5.69 Å². The van der Waals surface area contributed by atoms with Crippen LogP contribution >= 0.6 is 0 Å². The molecule has 0 spiro atoms. The van der Waals surface area contributed by atoms with Gasteiger partial charge in [0.05, 0.1) is 0 Å². The van der Waals surface area contributed by atoms with Crippen molar-refractivity contribution in [2.75, 3.05) is 18.8 Å². The molecule has 0 aliphatic carbocycles. The van der Waals surface area contributed by atoms with Crippen LogP contribution in [-0.4, -0.2) is 23.9 Å². The summed E-state index contributed by atoms with van der Waals surface area (Å²) in [5.41, 5.74) is 8.28. The number of aryl methyl sites for hydroxylation is 1. The second kappa shape index (κ2) is 6.97. The summed E-state index contributed by atoms with van der Waals surface area (Å²) in [6, 6.07) is 7.82. The highest BCUT2D eigenvalue weighted by Gasteiger charge is 2.32. The second-order valence-electron chi connectivity index (χ2n) is 6.29. The number of nitrogens with two attached hydrogens (primary N) is 1. The van der Waals surface area contributed by atoms with Gasteiger partial charge in [-0.25, -0.2) is 0 Å². The number of anilines is 1. The summed E-state index contributed by atoms with van der Waals surface area (Å²) < 4.78 is 0. The normalized spacial score (nSPS) is 17.7. The van der Waals surface area contributed by atoms with Gasteiger partial charge >= 0.3 is 0 Å². The Kier molecular flexibility index (Phi) is 5.27. The zero-order chi connectivity index (χ0) is 15.3. The Morgan fingerprint density at radius 2 is 1.81 bits per heavy atom. The number of likely N-dealkylation sites (tertiary alicyclic amines) is 1. The molecule has 0 bridgehead atoms. The van der Waals surface area contributed by atoms with Crippen LogP contribution in [0, 0.1) is 5.41 Å². The predicted octanol–water partition coefficient (Wildman–Crippen LogP) is 3.63. The minimum absolute atomic E-state index is 0.277. The van der Waals surface area contributed by atoms with Crippen molar-refractivity contribution >= 4 is 11.6 Å². The van der Waals surface area contributed by atoms with Gasteiger partial charge in [-0.1, -0.05) is 44.9 Å². The summed E-state index contributed by atoms with van der Waals surface area (Å²) in [6.07, 6.45) is 6.07. The van der Waals surface area contributed by atoms with Crippen LogP contribution in [-0.2, 0) is 11.2 Å². The van der Waals surface area contributed by atoms with Gasteiger partial charge in [-0.15, -0.1) is 0 Å². The molecule has 3 nitrogen and oxygen atoms in total. The second-order valence-corrected chi connectivity index (χ2v) is 6.29. The van der Waals surface area contributed by atoms with Crippen LogP contribution in [0.5, 0.6) is 0 Å². The van der Waals surface area contributed by atoms with Crippen LogP contribution in [0.1, 0.15) is 51.5 Å². The number of carbonyl (C=O) groups excluding carboxylic acids is 1. The highest BCUT2D eigenvalue weighted by atomic mass is 16.2. The van der Waals surface area contributed by atoms with Gasteiger partial charge < -0.3 is 10.6 Å². The molecule has 2 rings (SSSR count). The molecule has 2 N–H and O–H groups in total. The Labute approximate surface area is 128 Å². The summed E-state index contributed by atoms with van der Waals surface area (Å²) in [5.74, 6) is 0.277. The molecule has 1 aliphatic rings. The summed E-state index contributed by atoms with van der Waals surface area (Å²) in [5, 5.41) is 0. The number of hydrogen-bond donors (Lipinski definition) is 1. The van der Waals surface area contributed by atoms with E-state index in [0.717, 1.165) is 43.6 Å². The maximum Gasteiger partial charge on any atom is 0.222 e. The zero-order valence-electron chi connectivity index (χ0n) is 13.4. The van der Waals surface area contributed by atoms with Gasteiger partial charge in [0.1, 0.15) is 0 Å². The van der Waals surface area contributed by atoms with Crippen LogP contribution in [0.25, 0.3) is 0 Å².